The van der Waals surface area contributed by atoms with Crippen molar-refractivity contribution in [2.75, 3.05) is 11.1 Å². The lowest BCUT2D eigenvalue weighted by atomic mass is 10.2. The van der Waals surface area contributed by atoms with Gasteiger partial charge < -0.3 is 16.4 Å². The molecule has 0 aliphatic heterocycles. The van der Waals surface area contributed by atoms with Crippen LogP contribution in [0.5, 0.6) is 0 Å². The van der Waals surface area contributed by atoms with E-state index in [1.807, 2.05) is 6.07 Å². The highest BCUT2D eigenvalue weighted by Gasteiger charge is 2.23. The van der Waals surface area contributed by atoms with Gasteiger partial charge in [-0.3, -0.25) is 0 Å². The van der Waals surface area contributed by atoms with Crippen LogP contribution < -0.4 is 16.4 Å². The van der Waals surface area contributed by atoms with Crippen LogP contribution in [0, 0.1) is 11.3 Å². The number of hydrogen-bond donors (Lipinski definition) is 3. The van der Waals surface area contributed by atoms with Crippen molar-refractivity contribution >= 4 is 17.4 Å². The first-order chi connectivity index (χ1) is 7.69. The Bertz CT molecular complexity index is 460. The van der Waals surface area contributed by atoms with Crippen LogP contribution in [0.3, 0.4) is 0 Å². The number of nitrogens with zero attached hydrogens (tertiary/aromatic N) is 1. The number of anilines is 2. The number of nitrogens with two attached hydrogens (primary N) is 1. The van der Waals surface area contributed by atoms with Crippen molar-refractivity contribution in [3.63, 3.8) is 0 Å². The van der Waals surface area contributed by atoms with E-state index < -0.39 is 0 Å². The van der Waals surface area contributed by atoms with Gasteiger partial charge in [-0.05, 0) is 31.0 Å². The summed E-state index contributed by atoms with van der Waals surface area (Å²) in [6.07, 6.45) is 2.06. The van der Waals surface area contributed by atoms with E-state index in [0.29, 0.717) is 23.0 Å². The molecule has 5 heteroatoms. The topological polar surface area (TPSA) is 90.9 Å². The third-order valence-electron chi connectivity index (χ3n) is 2.32. The summed E-state index contributed by atoms with van der Waals surface area (Å²) in [5, 5.41) is 14.3. The quantitative estimate of drug-likeness (QED) is 0.653. The number of nitrogens with one attached hydrogen (secondary N) is 2. The molecule has 1 fully saturated rings. The Balaban J connectivity index is 2.08. The third kappa shape index (κ3) is 2.42. The number of benzene rings is 1. The van der Waals surface area contributed by atoms with Crippen molar-refractivity contribution in [2.45, 2.75) is 18.9 Å². The van der Waals surface area contributed by atoms with Gasteiger partial charge in [0.2, 0.25) is 0 Å². The summed E-state index contributed by atoms with van der Waals surface area (Å²) in [6.45, 7) is 0. The van der Waals surface area contributed by atoms with Gasteiger partial charge in [0.05, 0.1) is 11.3 Å². The molecule has 0 atom stereocenters. The van der Waals surface area contributed by atoms with Gasteiger partial charge in [-0.2, -0.15) is 5.26 Å². The average Bonchev–Trinajstić information content (AvgIpc) is 3.04. The Morgan fingerprint density at radius 2 is 2.25 bits per heavy atom. The lowest BCUT2D eigenvalue weighted by Crippen LogP contribution is -2.30. The summed E-state index contributed by atoms with van der Waals surface area (Å²) in [7, 11) is 0. The second-order valence-electron chi connectivity index (χ2n) is 3.79. The molecular weight excluding hydrogens is 204 g/mol. The smallest absolute Gasteiger partial charge is 0.319 e. The minimum atomic E-state index is -0.274. The van der Waals surface area contributed by atoms with Crippen molar-refractivity contribution in [1.29, 1.82) is 5.26 Å². The maximum absolute atomic E-state index is 11.5. The summed E-state index contributed by atoms with van der Waals surface area (Å²) in [6, 6.07) is 6.81. The Labute approximate surface area is 93.2 Å². The maximum Gasteiger partial charge on any atom is 0.319 e. The van der Waals surface area contributed by atoms with E-state index in [1.54, 1.807) is 12.1 Å². The molecule has 1 saturated carbocycles. The van der Waals surface area contributed by atoms with E-state index >= 15 is 0 Å². The molecule has 0 spiro atoms. The van der Waals surface area contributed by atoms with Gasteiger partial charge >= 0.3 is 6.03 Å². The Kier molecular flexibility index (Phi) is 2.64. The monoisotopic (exact) mass is 216 g/mol. The molecule has 0 saturated heterocycles. The van der Waals surface area contributed by atoms with Crippen molar-refractivity contribution in [3.8, 4) is 6.07 Å². The molecule has 0 bridgehead atoms. The minimum Gasteiger partial charge on any atom is -0.399 e. The zero-order chi connectivity index (χ0) is 11.5. The predicted molar refractivity (Wildman–Crippen MR) is 60.7 cm³/mol. The molecule has 2 amide bonds. The average molecular weight is 216 g/mol. The van der Waals surface area contributed by atoms with Crippen LogP contribution in [0.4, 0.5) is 16.2 Å². The molecule has 0 radical (unpaired) electrons. The standard InChI is InChI=1S/C11H12N4O/c12-6-7-5-8(13)1-4-10(7)15-11(16)14-9-2-3-9/h1,4-5,9H,2-3,13H2,(H2,14,15,16). The fraction of sp³-hybridized carbons (Fsp3) is 0.273. The summed E-state index contributed by atoms with van der Waals surface area (Å²) >= 11 is 0. The summed E-state index contributed by atoms with van der Waals surface area (Å²) in [5.41, 5.74) is 6.90. The van der Waals surface area contributed by atoms with Crippen LogP contribution in [0.25, 0.3) is 0 Å². The second-order valence-corrected chi connectivity index (χ2v) is 3.79. The van der Waals surface area contributed by atoms with Gasteiger partial charge in [-0.25, -0.2) is 4.79 Å². The normalized spacial score (nSPS) is 13.9. The van der Waals surface area contributed by atoms with E-state index in [9.17, 15) is 4.79 Å². The molecule has 4 N–H and O–H groups in total. The highest BCUT2D eigenvalue weighted by molar-refractivity contribution is 5.91. The zero-order valence-electron chi connectivity index (χ0n) is 8.66. The second kappa shape index (κ2) is 4.11. The van der Waals surface area contributed by atoms with E-state index in [2.05, 4.69) is 10.6 Å². The molecule has 1 aromatic carbocycles. The molecule has 0 heterocycles. The molecule has 5 nitrogen and oxygen atoms in total. The number of amides is 2. The third-order valence-corrected chi connectivity index (χ3v) is 2.32. The number of nitriles is 1. The van der Waals surface area contributed by atoms with E-state index in [4.69, 9.17) is 11.0 Å². The van der Waals surface area contributed by atoms with Crippen molar-refractivity contribution in [2.24, 2.45) is 0 Å². The number of hydrogen-bond acceptors (Lipinski definition) is 3. The largest absolute Gasteiger partial charge is 0.399 e. The highest BCUT2D eigenvalue weighted by atomic mass is 16.2. The Morgan fingerprint density at radius 1 is 1.50 bits per heavy atom. The van der Waals surface area contributed by atoms with E-state index in [1.165, 1.54) is 6.07 Å². The summed E-state index contributed by atoms with van der Waals surface area (Å²) in [4.78, 5) is 11.5. The molecule has 0 unspecified atom stereocenters. The number of rotatable bonds is 2. The number of carbonyl (C=O) groups is 1. The molecule has 1 aliphatic rings. The predicted octanol–water partition coefficient (Wildman–Crippen LogP) is 1.42. The van der Waals surface area contributed by atoms with Gasteiger partial charge in [0.1, 0.15) is 6.07 Å². The fourth-order valence-electron chi connectivity index (χ4n) is 1.33. The Morgan fingerprint density at radius 3 is 2.88 bits per heavy atom. The van der Waals surface area contributed by atoms with Crippen molar-refractivity contribution < 1.29 is 4.79 Å². The van der Waals surface area contributed by atoms with Crippen LogP contribution in [0.15, 0.2) is 18.2 Å². The molecule has 82 valence electrons. The molecular formula is C11H12N4O. The van der Waals surface area contributed by atoms with Crippen LogP contribution in [-0.2, 0) is 0 Å². The summed E-state index contributed by atoms with van der Waals surface area (Å²) in [5.74, 6) is 0. The van der Waals surface area contributed by atoms with Gasteiger partial charge in [-0.1, -0.05) is 0 Å². The van der Waals surface area contributed by atoms with Gasteiger partial charge in [-0.15, -0.1) is 0 Å². The first-order valence-electron chi connectivity index (χ1n) is 5.06. The molecule has 16 heavy (non-hydrogen) atoms. The first kappa shape index (κ1) is 10.3. The van der Waals surface area contributed by atoms with E-state index in [0.717, 1.165) is 12.8 Å². The van der Waals surface area contributed by atoms with Crippen LogP contribution >= 0.6 is 0 Å². The zero-order valence-corrected chi connectivity index (χ0v) is 8.66. The van der Waals surface area contributed by atoms with Crippen molar-refractivity contribution in [3.05, 3.63) is 23.8 Å². The number of carbonyl (C=O) groups excluding carboxylic acids is 1. The van der Waals surface area contributed by atoms with Crippen LogP contribution in [0.2, 0.25) is 0 Å². The number of urea groups is 1. The SMILES string of the molecule is N#Cc1cc(N)ccc1NC(=O)NC1CC1. The Hall–Kier alpha value is -2.22. The van der Waals surface area contributed by atoms with Crippen LogP contribution in [-0.4, -0.2) is 12.1 Å². The molecule has 0 aromatic heterocycles. The molecule has 1 aliphatic carbocycles. The van der Waals surface area contributed by atoms with Gasteiger partial charge in [0.25, 0.3) is 0 Å². The fourth-order valence-corrected chi connectivity index (χ4v) is 1.33. The number of nitrogen functional groups attached to an aromatic ring is 1. The first-order valence-corrected chi connectivity index (χ1v) is 5.06. The highest BCUT2D eigenvalue weighted by Crippen LogP contribution is 2.20. The molecule has 1 aromatic rings. The van der Waals surface area contributed by atoms with Gasteiger partial charge in [0.15, 0.2) is 0 Å². The lowest BCUT2D eigenvalue weighted by Gasteiger charge is -2.08. The van der Waals surface area contributed by atoms with Crippen molar-refractivity contribution in [1.82, 2.24) is 5.32 Å². The summed E-state index contributed by atoms with van der Waals surface area (Å²) < 4.78 is 0. The van der Waals surface area contributed by atoms with E-state index in [-0.39, 0.29) is 6.03 Å². The lowest BCUT2D eigenvalue weighted by molar-refractivity contribution is 0.251. The van der Waals surface area contributed by atoms with Crippen LogP contribution in [0.1, 0.15) is 18.4 Å². The van der Waals surface area contributed by atoms with Gasteiger partial charge in [0, 0.05) is 11.7 Å². The molecule has 2 rings (SSSR count). The minimum absolute atomic E-state index is 0.274. The maximum atomic E-state index is 11.5.